The molecule has 2 aromatic carbocycles. The van der Waals surface area contributed by atoms with Crippen LogP contribution in [0.15, 0.2) is 48.5 Å². The van der Waals surface area contributed by atoms with Crippen molar-refractivity contribution in [2.75, 3.05) is 30.0 Å². The van der Waals surface area contributed by atoms with Gasteiger partial charge in [-0.25, -0.2) is 4.98 Å². The maximum Gasteiger partial charge on any atom is 0.229 e. The third kappa shape index (κ3) is 3.22. The van der Waals surface area contributed by atoms with Crippen molar-refractivity contribution in [3.8, 4) is 11.5 Å². The van der Waals surface area contributed by atoms with Gasteiger partial charge in [-0.3, -0.25) is 0 Å². The van der Waals surface area contributed by atoms with E-state index in [1.54, 1.807) is 0 Å². The Labute approximate surface area is 164 Å². The first-order valence-corrected chi connectivity index (χ1v) is 9.64. The van der Waals surface area contributed by atoms with Crippen LogP contribution in [0, 0.1) is 6.92 Å². The van der Waals surface area contributed by atoms with E-state index in [2.05, 4.69) is 39.5 Å². The second-order valence-corrected chi connectivity index (χ2v) is 7.06. The van der Waals surface area contributed by atoms with Crippen LogP contribution in [0.4, 0.5) is 23.1 Å². The van der Waals surface area contributed by atoms with E-state index < -0.39 is 0 Å². The minimum Gasteiger partial charge on any atom is -0.486 e. The lowest BCUT2D eigenvalue weighted by atomic mass is 10.0. The summed E-state index contributed by atoms with van der Waals surface area (Å²) in [5, 5.41) is 3.31. The maximum atomic E-state index is 5.67. The maximum absolute atomic E-state index is 5.67. The fraction of sp³-hybridized carbons (Fsp3) is 0.273. The summed E-state index contributed by atoms with van der Waals surface area (Å²) in [5.41, 5.74) is 4.40. The number of benzene rings is 2. The van der Waals surface area contributed by atoms with Crippen LogP contribution in [-0.2, 0) is 6.42 Å². The van der Waals surface area contributed by atoms with E-state index in [0.717, 1.165) is 48.1 Å². The summed E-state index contributed by atoms with van der Waals surface area (Å²) in [5.74, 6) is 3.01. The van der Waals surface area contributed by atoms with Gasteiger partial charge in [0.15, 0.2) is 11.5 Å². The van der Waals surface area contributed by atoms with Gasteiger partial charge in [-0.2, -0.15) is 4.98 Å². The van der Waals surface area contributed by atoms with Gasteiger partial charge >= 0.3 is 0 Å². The molecular weight excluding hydrogens is 352 g/mol. The van der Waals surface area contributed by atoms with E-state index in [4.69, 9.17) is 14.5 Å². The van der Waals surface area contributed by atoms with Crippen molar-refractivity contribution < 1.29 is 9.47 Å². The largest absolute Gasteiger partial charge is 0.486 e. The SMILES string of the molecule is Cc1cc(N2CCCc3ccccc32)nc(Nc2ccc3c(c2)OCCO3)n1. The van der Waals surface area contributed by atoms with E-state index in [0.29, 0.717) is 19.2 Å². The smallest absolute Gasteiger partial charge is 0.229 e. The lowest BCUT2D eigenvalue weighted by Gasteiger charge is -2.30. The number of hydrogen-bond donors (Lipinski definition) is 1. The average molecular weight is 374 g/mol. The van der Waals surface area contributed by atoms with Gasteiger partial charge in [0, 0.05) is 35.7 Å². The number of anilines is 4. The van der Waals surface area contributed by atoms with Crippen LogP contribution >= 0.6 is 0 Å². The van der Waals surface area contributed by atoms with Crippen LogP contribution < -0.4 is 19.7 Å². The normalized spacial score (nSPS) is 15.1. The highest BCUT2D eigenvalue weighted by molar-refractivity contribution is 5.67. The van der Waals surface area contributed by atoms with Gasteiger partial charge in [-0.1, -0.05) is 18.2 Å². The van der Waals surface area contributed by atoms with Crippen molar-refractivity contribution in [1.29, 1.82) is 0 Å². The Balaban J connectivity index is 1.46. The Kier molecular flexibility index (Phi) is 4.24. The van der Waals surface area contributed by atoms with Gasteiger partial charge in [-0.15, -0.1) is 0 Å². The second kappa shape index (κ2) is 7.03. The van der Waals surface area contributed by atoms with Gasteiger partial charge in [-0.05, 0) is 43.5 Å². The molecular formula is C22H22N4O2. The highest BCUT2D eigenvalue weighted by Crippen LogP contribution is 2.35. The minimum absolute atomic E-state index is 0.565. The van der Waals surface area contributed by atoms with Gasteiger partial charge < -0.3 is 19.7 Å². The molecule has 0 aliphatic carbocycles. The predicted molar refractivity (Wildman–Crippen MR) is 109 cm³/mol. The van der Waals surface area contributed by atoms with Crippen LogP contribution in [-0.4, -0.2) is 29.7 Å². The molecule has 3 aromatic rings. The molecule has 0 bridgehead atoms. The summed E-state index contributed by atoms with van der Waals surface area (Å²) in [4.78, 5) is 11.6. The van der Waals surface area contributed by atoms with Crippen molar-refractivity contribution in [2.24, 2.45) is 0 Å². The molecule has 0 saturated heterocycles. The molecule has 0 saturated carbocycles. The molecule has 6 nitrogen and oxygen atoms in total. The van der Waals surface area contributed by atoms with E-state index in [9.17, 15) is 0 Å². The van der Waals surface area contributed by atoms with Gasteiger partial charge in [0.25, 0.3) is 0 Å². The lowest BCUT2D eigenvalue weighted by Crippen LogP contribution is -2.25. The molecule has 0 spiro atoms. The van der Waals surface area contributed by atoms with Crippen LogP contribution in [0.5, 0.6) is 11.5 Å². The topological polar surface area (TPSA) is 59.5 Å². The Hall–Kier alpha value is -3.28. The number of aryl methyl sites for hydroxylation is 2. The first-order chi connectivity index (χ1) is 13.8. The highest BCUT2D eigenvalue weighted by Gasteiger charge is 2.20. The number of rotatable bonds is 3. The van der Waals surface area contributed by atoms with Crippen molar-refractivity contribution in [1.82, 2.24) is 9.97 Å². The summed E-state index contributed by atoms with van der Waals surface area (Å²) >= 11 is 0. The molecule has 0 atom stereocenters. The zero-order valence-corrected chi connectivity index (χ0v) is 15.8. The Morgan fingerprint density at radius 1 is 0.964 bits per heavy atom. The summed E-state index contributed by atoms with van der Waals surface area (Å²) < 4.78 is 11.3. The number of hydrogen-bond acceptors (Lipinski definition) is 6. The number of nitrogens with zero attached hydrogens (tertiary/aromatic N) is 3. The molecule has 0 fully saturated rings. The summed E-state index contributed by atoms with van der Waals surface area (Å²) in [7, 11) is 0. The third-order valence-corrected chi connectivity index (χ3v) is 5.03. The van der Waals surface area contributed by atoms with Crippen molar-refractivity contribution in [2.45, 2.75) is 19.8 Å². The lowest BCUT2D eigenvalue weighted by molar-refractivity contribution is 0.171. The minimum atomic E-state index is 0.565. The molecule has 28 heavy (non-hydrogen) atoms. The predicted octanol–water partition coefficient (Wildman–Crippen LogP) is 4.38. The van der Waals surface area contributed by atoms with Crippen LogP contribution in [0.1, 0.15) is 17.7 Å². The second-order valence-electron chi connectivity index (χ2n) is 7.06. The molecule has 1 N–H and O–H groups in total. The van der Waals surface area contributed by atoms with Gasteiger partial charge in [0.2, 0.25) is 5.95 Å². The standard InChI is InChI=1S/C22H22N4O2/c1-15-13-21(26-10-4-6-16-5-2-3-7-18(16)26)25-22(23-15)24-17-8-9-19-20(14-17)28-12-11-27-19/h2-3,5,7-9,13-14H,4,6,10-12H2,1H3,(H,23,24,25). The molecule has 0 radical (unpaired) electrons. The van der Waals surface area contributed by atoms with E-state index >= 15 is 0 Å². The number of fused-ring (bicyclic) bond motifs is 2. The molecule has 2 aliphatic heterocycles. The molecule has 0 unspecified atom stereocenters. The van der Waals surface area contributed by atoms with Crippen LogP contribution in [0.3, 0.4) is 0 Å². The quantitative estimate of drug-likeness (QED) is 0.734. The number of aromatic nitrogens is 2. The van der Waals surface area contributed by atoms with Crippen LogP contribution in [0.2, 0.25) is 0 Å². The molecule has 3 heterocycles. The van der Waals surface area contributed by atoms with Gasteiger partial charge in [0.05, 0.1) is 0 Å². The van der Waals surface area contributed by atoms with E-state index in [1.807, 2.05) is 31.2 Å². The van der Waals surface area contributed by atoms with Crippen molar-refractivity contribution >= 4 is 23.1 Å². The first-order valence-electron chi connectivity index (χ1n) is 9.64. The fourth-order valence-corrected chi connectivity index (χ4v) is 3.77. The highest BCUT2D eigenvalue weighted by atomic mass is 16.6. The first kappa shape index (κ1) is 16.9. The van der Waals surface area contributed by atoms with E-state index in [1.165, 1.54) is 11.3 Å². The Morgan fingerprint density at radius 3 is 2.75 bits per heavy atom. The third-order valence-electron chi connectivity index (χ3n) is 5.03. The molecule has 6 heteroatoms. The monoisotopic (exact) mass is 374 g/mol. The Bertz CT molecular complexity index is 1020. The summed E-state index contributed by atoms with van der Waals surface area (Å²) in [6, 6.07) is 16.4. The Morgan fingerprint density at radius 2 is 1.82 bits per heavy atom. The molecule has 142 valence electrons. The van der Waals surface area contributed by atoms with Crippen molar-refractivity contribution in [3.05, 3.63) is 59.8 Å². The number of para-hydroxylation sites is 1. The average Bonchev–Trinajstić information content (AvgIpc) is 2.73. The molecule has 2 aliphatic rings. The van der Waals surface area contributed by atoms with Gasteiger partial charge in [0.1, 0.15) is 19.0 Å². The zero-order valence-electron chi connectivity index (χ0n) is 15.8. The van der Waals surface area contributed by atoms with E-state index in [-0.39, 0.29) is 0 Å². The molecule has 0 amide bonds. The van der Waals surface area contributed by atoms with Crippen molar-refractivity contribution in [3.63, 3.8) is 0 Å². The molecule has 1 aromatic heterocycles. The summed E-state index contributed by atoms with van der Waals surface area (Å²) in [6.07, 6.45) is 2.23. The number of nitrogens with one attached hydrogen (secondary N) is 1. The summed E-state index contributed by atoms with van der Waals surface area (Å²) in [6.45, 7) is 4.10. The van der Waals surface area contributed by atoms with Crippen LogP contribution in [0.25, 0.3) is 0 Å². The number of ether oxygens (including phenoxy) is 2. The zero-order chi connectivity index (χ0) is 18.9. The fourth-order valence-electron chi connectivity index (χ4n) is 3.77. The molecule has 5 rings (SSSR count).